The third-order valence-corrected chi connectivity index (χ3v) is 5.16. The number of anilines is 1. The highest BCUT2D eigenvalue weighted by atomic mass is 16.5. The van der Waals surface area contributed by atoms with E-state index in [0.717, 1.165) is 42.1 Å². The van der Waals surface area contributed by atoms with Crippen LogP contribution in [0, 0.1) is 0 Å². The van der Waals surface area contributed by atoms with E-state index in [4.69, 9.17) is 9.47 Å². The average Bonchev–Trinajstić information content (AvgIpc) is 3.11. The topological polar surface area (TPSA) is 67.8 Å². The Bertz CT molecular complexity index is 892. The summed E-state index contributed by atoms with van der Waals surface area (Å²) in [6.45, 7) is 7.32. The predicted molar refractivity (Wildman–Crippen MR) is 111 cm³/mol. The normalized spacial score (nSPS) is 18.6. The number of carbonyl (C=O) groups is 1. The fraction of sp³-hybridized carbons (Fsp3) is 0.409. The van der Waals surface area contributed by atoms with Gasteiger partial charge in [-0.1, -0.05) is 0 Å². The van der Waals surface area contributed by atoms with Gasteiger partial charge in [-0.25, -0.2) is 9.97 Å². The van der Waals surface area contributed by atoms with Crippen LogP contribution < -0.4 is 14.4 Å². The lowest BCUT2D eigenvalue weighted by Gasteiger charge is -2.34. The number of aromatic nitrogens is 2. The third kappa shape index (κ3) is 4.34. The molecule has 1 aromatic carbocycles. The molecule has 7 heteroatoms. The van der Waals surface area contributed by atoms with Crippen LogP contribution in [-0.2, 0) is 11.2 Å². The number of amides is 1. The Morgan fingerprint density at radius 1 is 1.24 bits per heavy atom. The number of hydrogen-bond acceptors (Lipinski definition) is 6. The van der Waals surface area contributed by atoms with Gasteiger partial charge in [-0.3, -0.25) is 4.79 Å². The van der Waals surface area contributed by atoms with Gasteiger partial charge >= 0.3 is 0 Å². The maximum absolute atomic E-state index is 12.7. The molecule has 152 valence electrons. The van der Waals surface area contributed by atoms with Gasteiger partial charge in [0.2, 0.25) is 11.9 Å². The van der Waals surface area contributed by atoms with E-state index in [0.29, 0.717) is 25.6 Å². The highest BCUT2D eigenvalue weighted by Gasteiger charge is 2.23. The van der Waals surface area contributed by atoms with E-state index in [1.54, 1.807) is 24.5 Å². The molecule has 1 saturated heterocycles. The molecule has 2 aliphatic heterocycles. The molecular weight excluding hydrogens is 368 g/mol. The Kier molecular flexibility index (Phi) is 5.64. The van der Waals surface area contributed by atoms with E-state index in [2.05, 4.69) is 21.8 Å². The fourth-order valence-electron chi connectivity index (χ4n) is 3.71. The molecule has 0 spiro atoms. The second-order valence-electron chi connectivity index (χ2n) is 7.26. The van der Waals surface area contributed by atoms with Gasteiger partial charge in [-0.05, 0) is 38.1 Å². The van der Waals surface area contributed by atoms with Gasteiger partial charge in [0.25, 0.3) is 0 Å². The number of piperazine rings is 1. The molecule has 1 fully saturated rings. The molecule has 3 heterocycles. The Balaban J connectivity index is 1.42. The zero-order valence-corrected chi connectivity index (χ0v) is 16.9. The van der Waals surface area contributed by atoms with Gasteiger partial charge in [-0.2, -0.15) is 0 Å². The van der Waals surface area contributed by atoms with Crippen LogP contribution in [0.25, 0.3) is 6.08 Å². The maximum atomic E-state index is 12.7. The first-order valence-electron chi connectivity index (χ1n) is 10.1. The van der Waals surface area contributed by atoms with Gasteiger partial charge < -0.3 is 19.3 Å². The van der Waals surface area contributed by atoms with Gasteiger partial charge in [0.15, 0.2) is 0 Å². The van der Waals surface area contributed by atoms with Crippen LogP contribution >= 0.6 is 0 Å². The minimum absolute atomic E-state index is 0.00383. The predicted octanol–water partition coefficient (Wildman–Crippen LogP) is 2.56. The van der Waals surface area contributed by atoms with Gasteiger partial charge in [0, 0.05) is 62.2 Å². The first-order valence-corrected chi connectivity index (χ1v) is 10.1. The number of carbonyl (C=O) groups excluding carboxylic acids is 1. The smallest absolute Gasteiger partial charge is 0.246 e. The van der Waals surface area contributed by atoms with E-state index in [9.17, 15) is 4.79 Å². The van der Waals surface area contributed by atoms with Crippen molar-refractivity contribution < 1.29 is 14.3 Å². The van der Waals surface area contributed by atoms with Crippen molar-refractivity contribution >= 4 is 17.9 Å². The highest BCUT2D eigenvalue weighted by molar-refractivity contribution is 5.92. The first kappa shape index (κ1) is 19.2. The molecule has 0 bridgehead atoms. The molecule has 0 N–H and O–H groups in total. The van der Waals surface area contributed by atoms with Crippen LogP contribution in [0.5, 0.6) is 11.5 Å². The number of nitrogens with zero attached hydrogens (tertiary/aromatic N) is 4. The largest absolute Gasteiger partial charge is 0.493 e. The Morgan fingerprint density at radius 3 is 2.72 bits per heavy atom. The molecule has 1 unspecified atom stereocenters. The Labute approximate surface area is 171 Å². The number of ether oxygens (including phenoxy) is 2. The summed E-state index contributed by atoms with van der Waals surface area (Å²) in [5, 5.41) is 0. The second-order valence-corrected chi connectivity index (χ2v) is 7.26. The van der Waals surface area contributed by atoms with Crippen LogP contribution in [0.15, 0.2) is 36.7 Å². The molecule has 0 radical (unpaired) electrons. The number of fused-ring (bicyclic) bond motifs is 1. The molecular formula is C22H26N4O3. The van der Waals surface area contributed by atoms with Gasteiger partial charge in [0.05, 0.1) is 6.61 Å². The molecule has 0 aliphatic carbocycles. The first-order chi connectivity index (χ1) is 14.1. The lowest BCUT2D eigenvalue weighted by atomic mass is 10.1. The van der Waals surface area contributed by atoms with Crippen molar-refractivity contribution in [2.75, 3.05) is 37.7 Å². The molecule has 0 saturated carbocycles. The highest BCUT2D eigenvalue weighted by Crippen LogP contribution is 2.35. The molecule has 4 rings (SSSR count). The summed E-state index contributed by atoms with van der Waals surface area (Å²) >= 11 is 0. The van der Waals surface area contributed by atoms with E-state index >= 15 is 0 Å². The van der Waals surface area contributed by atoms with E-state index in [1.165, 1.54) is 0 Å². The van der Waals surface area contributed by atoms with Gasteiger partial charge in [0.1, 0.15) is 17.6 Å². The van der Waals surface area contributed by atoms with Crippen LogP contribution in [0.2, 0.25) is 0 Å². The van der Waals surface area contributed by atoms with Crippen LogP contribution in [0.1, 0.15) is 25.0 Å². The van der Waals surface area contributed by atoms with Crippen molar-refractivity contribution in [3.05, 3.63) is 47.8 Å². The van der Waals surface area contributed by atoms with Crippen molar-refractivity contribution in [1.82, 2.24) is 14.9 Å². The lowest BCUT2D eigenvalue weighted by Crippen LogP contribution is -2.48. The second kappa shape index (κ2) is 8.51. The summed E-state index contributed by atoms with van der Waals surface area (Å²) in [7, 11) is 0. The quantitative estimate of drug-likeness (QED) is 0.726. The van der Waals surface area contributed by atoms with E-state index in [1.807, 2.05) is 30.0 Å². The zero-order valence-electron chi connectivity index (χ0n) is 16.9. The van der Waals surface area contributed by atoms with Crippen molar-refractivity contribution in [1.29, 1.82) is 0 Å². The van der Waals surface area contributed by atoms with Crippen LogP contribution in [0.4, 0.5) is 5.95 Å². The molecule has 1 atom stereocenters. The summed E-state index contributed by atoms with van der Waals surface area (Å²) < 4.78 is 11.6. The molecule has 2 aliphatic rings. The fourth-order valence-corrected chi connectivity index (χ4v) is 3.71. The molecule has 2 aromatic rings. The minimum atomic E-state index is -0.00383. The summed E-state index contributed by atoms with van der Waals surface area (Å²) in [5.41, 5.74) is 2.02. The zero-order chi connectivity index (χ0) is 20.2. The van der Waals surface area contributed by atoms with Gasteiger partial charge in [-0.15, -0.1) is 0 Å². The molecule has 1 amide bonds. The average molecular weight is 394 g/mol. The van der Waals surface area contributed by atoms with E-state index in [-0.39, 0.29) is 12.0 Å². The van der Waals surface area contributed by atoms with Crippen molar-refractivity contribution in [3.63, 3.8) is 0 Å². The van der Waals surface area contributed by atoms with E-state index < -0.39 is 0 Å². The third-order valence-electron chi connectivity index (χ3n) is 5.16. The van der Waals surface area contributed by atoms with Crippen LogP contribution in [-0.4, -0.2) is 59.7 Å². The molecule has 1 aromatic heterocycles. The van der Waals surface area contributed by atoms with Crippen LogP contribution in [0.3, 0.4) is 0 Å². The SMILES string of the molecule is CCOc1cc2c(cc1/C=C/C(=O)N1CCN(c3ncccn3)CC1)OC(C)C2. The number of hydrogen-bond donors (Lipinski definition) is 0. The van der Waals surface area contributed by atoms with Crippen molar-refractivity contribution in [2.24, 2.45) is 0 Å². The standard InChI is InChI=1S/C22H26N4O3/c1-3-28-19-15-18-13-16(2)29-20(18)14-17(19)5-6-21(27)25-9-11-26(12-10-25)22-23-7-4-8-24-22/h4-8,14-16H,3,9-13H2,1-2H3/b6-5+. The summed E-state index contributed by atoms with van der Waals surface area (Å²) in [6.07, 6.45) is 7.97. The molecule has 7 nitrogen and oxygen atoms in total. The summed E-state index contributed by atoms with van der Waals surface area (Å²) in [6, 6.07) is 5.80. The Morgan fingerprint density at radius 2 is 2.00 bits per heavy atom. The van der Waals surface area contributed by atoms with Crippen molar-refractivity contribution in [3.8, 4) is 11.5 Å². The minimum Gasteiger partial charge on any atom is -0.493 e. The maximum Gasteiger partial charge on any atom is 0.246 e. The number of benzene rings is 1. The van der Waals surface area contributed by atoms with Crippen molar-refractivity contribution in [2.45, 2.75) is 26.4 Å². The number of rotatable bonds is 5. The monoisotopic (exact) mass is 394 g/mol. The lowest BCUT2D eigenvalue weighted by molar-refractivity contribution is -0.126. The summed E-state index contributed by atoms with van der Waals surface area (Å²) in [4.78, 5) is 25.2. The Hall–Kier alpha value is -3.09. The summed E-state index contributed by atoms with van der Waals surface area (Å²) in [5.74, 6) is 2.38. The molecule has 29 heavy (non-hydrogen) atoms.